The third-order valence-corrected chi connectivity index (χ3v) is 8.48. The van der Waals surface area contributed by atoms with Crippen molar-refractivity contribution >= 4 is 31.5 Å². The van der Waals surface area contributed by atoms with Crippen LogP contribution in [0.3, 0.4) is 0 Å². The summed E-state index contributed by atoms with van der Waals surface area (Å²) in [7, 11) is -7.95. The lowest BCUT2D eigenvalue weighted by molar-refractivity contribution is 0.0955. The highest BCUT2D eigenvalue weighted by molar-refractivity contribution is 7.93. The van der Waals surface area contributed by atoms with Crippen molar-refractivity contribution in [3.63, 3.8) is 0 Å². The Balaban J connectivity index is 2.31. The van der Waals surface area contributed by atoms with Crippen LogP contribution in [0.5, 0.6) is 0 Å². The van der Waals surface area contributed by atoms with E-state index in [1.165, 1.54) is 32.9 Å². The molecule has 0 heterocycles. The number of nitrogens with one attached hydrogen (secondary N) is 2. The largest absolute Gasteiger partial charge is 0.352 e. The highest BCUT2D eigenvalue weighted by atomic mass is 32.2. The van der Waals surface area contributed by atoms with E-state index in [0.29, 0.717) is 0 Å². The summed E-state index contributed by atoms with van der Waals surface area (Å²) in [5.74, 6) is -1.45. The average molecular weight is 494 g/mol. The predicted octanol–water partition coefficient (Wildman–Crippen LogP) is 3.40. The van der Waals surface area contributed by atoms with Crippen molar-refractivity contribution in [1.82, 2.24) is 5.32 Å². The number of carbonyl (C=O) groups is 1. The van der Waals surface area contributed by atoms with Crippen LogP contribution in [0.25, 0.3) is 0 Å². The monoisotopic (exact) mass is 493 g/mol. The van der Waals surface area contributed by atoms with Gasteiger partial charge in [-0.3, -0.25) is 9.52 Å². The third kappa shape index (κ3) is 6.18. The molecule has 0 atom stereocenters. The van der Waals surface area contributed by atoms with Crippen LogP contribution in [0.1, 0.15) is 37.6 Å². The van der Waals surface area contributed by atoms with Gasteiger partial charge >= 0.3 is 0 Å². The number of anilines is 1. The molecular formula is C22H24FN3O5S2. The first-order valence-electron chi connectivity index (χ1n) is 9.72. The van der Waals surface area contributed by atoms with Gasteiger partial charge in [-0.15, -0.1) is 0 Å². The second kappa shape index (κ2) is 9.72. The van der Waals surface area contributed by atoms with Crippen LogP contribution >= 0.6 is 0 Å². The lowest BCUT2D eigenvalue weighted by Crippen LogP contribution is -2.28. The van der Waals surface area contributed by atoms with E-state index < -0.39 is 36.3 Å². The highest BCUT2D eigenvalue weighted by Gasteiger charge is 2.31. The van der Waals surface area contributed by atoms with Gasteiger partial charge in [-0.25, -0.2) is 21.2 Å². The quantitative estimate of drug-likeness (QED) is 0.542. The molecule has 8 nitrogen and oxygen atoms in total. The van der Waals surface area contributed by atoms with E-state index in [4.69, 9.17) is 5.26 Å². The van der Waals surface area contributed by atoms with Crippen LogP contribution in [0.15, 0.2) is 64.4 Å². The Labute approximate surface area is 193 Å². The van der Waals surface area contributed by atoms with Crippen LogP contribution in [0.2, 0.25) is 0 Å². The van der Waals surface area contributed by atoms with Crippen molar-refractivity contribution in [3.8, 4) is 6.07 Å². The smallest absolute Gasteiger partial charge is 0.261 e. The number of benzene rings is 2. The number of nitriles is 1. The second-order valence-corrected chi connectivity index (χ2v) is 12.5. The van der Waals surface area contributed by atoms with Gasteiger partial charge in [0.1, 0.15) is 5.82 Å². The fourth-order valence-corrected chi connectivity index (χ4v) is 4.90. The van der Waals surface area contributed by atoms with E-state index in [1.807, 2.05) is 6.07 Å². The van der Waals surface area contributed by atoms with Gasteiger partial charge in [0.2, 0.25) is 0 Å². The summed E-state index contributed by atoms with van der Waals surface area (Å²) in [6, 6.07) is 9.43. The molecule has 2 aromatic rings. The van der Waals surface area contributed by atoms with Gasteiger partial charge < -0.3 is 5.32 Å². The summed E-state index contributed by atoms with van der Waals surface area (Å²) in [6.07, 6.45) is 0.203. The number of hydrogen-bond donors (Lipinski definition) is 2. The topological polar surface area (TPSA) is 133 Å². The summed E-state index contributed by atoms with van der Waals surface area (Å²) in [4.78, 5) is 12.2. The molecule has 0 aliphatic rings. The number of hydrogen-bond acceptors (Lipinski definition) is 6. The number of halogens is 1. The van der Waals surface area contributed by atoms with Gasteiger partial charge in [0.05, 0.1) is 31.9 Å². The maximum atomic E-state index is 13.8. The fraction of sp³-hybridized carbons (Fsp3) is 0.273. The number of sulfonamides is 1. The van der Waals surface area contributed by atoms with Gasteiger partial charge in [-0.2, -0.15) is 5.26 Å². The van der Waals surface area contributed by atoms with Crippen molar-refractivity contribution in [2.24, 2.45) is 0 Å². The molecule has 2 aromatic carbocycles. The van der Waals surface area contributed by atoms with Crippen LogP contribution in [0.4, 0.5) is 10.1 Å². The van der Waals surface area contributed by atoms with E-state index in [0.717, 1.165) is 30.3 Å². The summed E-state index contributed by atoms with van der Waals surface area (Å²) in [6.45, 7) is 8.17. The zero-order chi connectivity index (χ0) is 25.0. The minimum Gasteiger partial charge on any atom is -0.352 e. The van der Waals surface area contributed by atoms with Crippen molar-refractivity contribution in [2.75, 3.05) is 11.3 Å². The molecule has 0 bridgehead atoms. The maximum absolute atomic E-state index is 13.8. The minimum atomic E-state index is -4.27. The Kier molecular flexibility index (Phi) is 7.67. The lowest BCUT2D eigenvalue weighted by Gasteiger charge is -2.19. The molecule has 2 rings (SSSR count). The van der Waals surface area contributed by atoms with E-state index in [9.17, 15) is 26.0 Å². The summed E-state index contributed by atoms with van der Waals surface area (Å²) in [5.41, 5.74) is -0.167. The normalized spacial score (nSPS) is 12.0. The molecule has 0 saturated carbocycles. The first-order valence-corrected chi connectivity index (χ1v) is 12.7. The van der Waals surface area contributed by atoms with Crippen molar-refractivity contribution in [2.45, 2.75) is 41.7 Å². The molecule has 0 saturated heterocycles. The van der Waals surface area contributed by atoms with Gasteiger partial charge in [-0.05, 0) is 69.7 Å². The minimum absolute atomic E-state index is 0.0428. The SMILES string of the molecule is C=C(C#N)CCNC(=O)c1ccc(F)cc1NS(=O)(=O)c1ccc(S(=O)(=O)C(C)(C)C)cc1. The molecule has 0 radical (unpaired) electrons. The number of rotatable bonds is 8. The number of amides is 1. The van der Waals surface area contributed by atoms with Crippen LogP contribution in [-0.2, 0) is 19.9 Å². The Hall–Kier alpha value is -3.23. The van der Waals surface area contributed by atoms with E-state index in [2.05, 4.69) is 16.6 Å². The molecule has 176 valence electrons. The first-order chi connectivity index (χ1) is 15.2. The van der Waals surface area contributed by atoms with Gasteiger partial charge in [0, 0.05) is 12.1 Å². The number of carbonyl (C=O) groups excluding carboxylic acids is 1. The maximum Gasteiger partial charge on any atom is 0.261 e. The molecule has 0 aliphatic carbocycles. The Morgan fingerprint density at radius 2 is 1.64 bits per heavy atom. The van der Waals surface area contributed by atoms with E-state index >= 15 is 0 Å². The second-order valence-electron chi connectivity index (χ2n) is 8.10. The molecule has 11 heteroatoms. The summed E-state index contributed by atoms with van der Waals surface area (Å²) >= 11 is 0. The Morgan fingerprint density at radius 3 is 2.18 bits per heavy atom. The standard InChI is InChI=1S/C22H24FN3O5S2/c1-15(14-24)11-12-25-21(27)19-10-5-16(23)13-20(19)26-33(30,31)18-8-6-17(7-9-18)32(28,29)22(2,3)4/h5-10,13,26H,1,11-12H2,2-4H3,(H,25,27). The zero-order valence-electron chi connectivity index (χ0n) is 18.3. The van der Waals surface area contributed by atoms with Crippen LogP contribution < -0.4 is 10.0 Å². The number of nitrogens with zero attached hydrogens (tertiary/aromatic N) is 1. The van der Waals surface area contributed by atoms with Crippen molar-refractivity contribution in [1.29, 1.82) is 5.26 Å². The van der Waals surface area contributed by atoms with Gasteiger partial charge in [-0.1, -0.05) is 6.58 Å². The predicted molar refractivity (Wildman–Crippen MR) is 122 cm³/mol. The van der Waals surface area contributed by atoms with Gasteiger partial charge in [0.25, 0.3) is 15.9 Å². The third-order valence-electron chi connectivity index (χ3n) is 4.59. The fourth-order valence-electron chi connectivity index (χ4n) is 2.63. The molecule has 0 aliphatic heterocycles. The van der Waals surface area contributed by atoms with Gasteiger partial charge in [0.15, 0.2) is 9.84 Å². The van der Waals surface area contributed by atoms with Crippen molar-refractivity contribution in [3.05, 3.63) is 66.0 Å². The summed E-state index contributed by atoms with van der Waals surface area (Å²) in [5, 5.41) is 11.2. The zero-order valence-corrected chi connectivity index (χ0v) is 20.0. The van der Waals surface area contributed by atoms with Crippen LogP contribution in [-0.4, -0.2) is 34.0 Å². The molecular weight excluding hydrogens is 469 g/mol. The molecule has 0 unspecified atom stereocenters. The van der Waals surface area contributed by atoms with Crippen molar-refractivity contribution < 1.29 is 26.0 Å². The molecule has 2 N–H and O–H groups in total. The Morgan fingerprint density at radius 1 is 1.06 bits per heavy atom. The van der Waals surface area contributed by atoms with E-state index in [1.54, 1.807) is 0 Å². The molecule has 0 aromatic heterocycles. The molecule has 33 heavy (non-hydrogen) atoms. The Bertz CT molecular complexity index is 1320. The number of sulfone groups is 1. The molecule has 0 spiro atoms. The molecule has 1 amide bonds. The highest BCUT2D eigenvalue weighted by Crippen LogP contribution is 2.27. The van der Waals surface area contributed by atoms with E-state index in [-0.39, 0.29) is 39.6 Å². The average Bonchev–Trinajstić information content (AvgIpc) is 2.72. The first kappa shape index (κ1) is 26.0. The lowest BCUT2D eigenvalue weighted by atomic mass is 10.1. The molecule has 0 fully saturated rings. The van der Waals surface area contributed by atoms with Crippen LogP contribution in [0, 0.1) is 17.1 Å². The summed E-state index contributed by atoms with van der Waals surface area (Å²) < 4.78 is 65.6.